The highest BCUT2D eigenvalue weighted by Crippen LogP contribution is 2.30. The summed E-state index contributed by atoms with van der Waals surface area (Å²) in [5, 5.41) is 14.5. The summed E-state index contributed by atoms with van der Waals surface area (Å²) in [6.07, 6.45) is 1.76. The van der Waals surface area contributed by atoms with Crippen LogP contribution in [0.15, 0.2) is 54.2 Å². The number of nitrogens with one attached hydrogen (secondary N) is 2. The Morgan fingerprint density at radius 1 is 1.25 bits per heavy atom. The number of hydrogen-bond donors (Lipinski definition) is 2. The molecule has 3 rings (SSSR count). The number of nitriles is 1. The van der Waals surface area contributed by atoms with Gasteiger partial charge in [-0.05, 0) is 61.2 Å². The number of benzene rings is 2. The third kappa shape index (κ3) is 4.89. The Morgan fingerprint density at radius 2 is 2.04 bits per heavy atom. The molecule has 6 heteroatoms. The van der Waals surface area contributed by atoms with Crippen LogP contribution in [0.25, 0.3) is 5.57 Å². The van der Waals surface area contributed by atoms with Crippen LogP contribution in [-0.2, 0) is 0 Å². The zero-order valence-electron chi connectivity index (χ0n) is 15.8. The predicted octanol–water partition coefficient (Wildman–Crippen LogP) is 4.35. The molecule has 0 unspecified atom stereocenters. The van der Waals surface area contributed by atoms with Crippen LogP contribution >= 0.6 is 0 Å². The minimum absolute atomic E-state index is 0.222. The predicted molar refractivity (Wildman–Crippen MR) is 108 cm³/mol. The molecule has 0 atom stereocenters. The summed E-state index contributed by atoms with van der Waals surface area (Å²) >= 11 is 0. The average molecular weight is 378 g/mol. The number of halogens is 1. The van der Waals surface area contributed by atoms with Gasteiger partial charge in [-0.1, -0.05) is 18.2 Å². The summed E-state index contributed by atoms with van der Waals surface area (Å²) in [4.78, 5) is 14.3. The molecule has 2 aromatic carbocycles. The number of urea groups is 1. The molecule has 1 heterocycles. The van der Waals surface area contributed by atoms with Crippen molar-refractivity contribution in [3.05, 3.63) is 71.2 Å². The van der Waals surface area contributed by atoms with Crippen molar-refractivity contribution in [2.75, 3.05) is 25.0 Å². The first-order chi connectivity index (χ1) is 13.6. The first-order valence-electron chi connectivity index (χ1n) is 9.32. The summed E-state index contributed by atoms with van der Waals surface area (Å²) < 4.78 is 13.1. The SMILES string of the molecule is CC1=C(c2ccc(F)cc2)CCN1CCCNC(=O)Nc1cccc(C#N)c1. The van der Waals surface area contributed by atoms with E-state index in [2.05, 4.69) is 22.5 Å². The fraction of sp³-hybridized carbons (Fsp3) is 0.273. The number of allylic oxidation sites excluding steroid dienone is 1. The van der Waals surface area contributed by atoms with E-state index in [-0.39, 0.29) is 11.8 Å². The molecule has 0 fully saturated rings. The van der Waals surface area contributed by atoms with E-state index in [0.29, 0.717) is 17.8 Å². The van der Waals surface area contributed by atoms with Gasteiger partial charge in [0.15, 0.2) is 0 Å². The molecule has 0 spiro atoms. The minimum atomic E-state index is -0.282. The van der Waals surface area contributed by atoms with E-state index in [1.165, 1.54) is 23.4 Å². The van der Waals surface area contributed by atoms with Crippen LogP contribution in [-0.4, -0.2) is 30.6 Å². The highest BCUT2D eigenvalue weighted by atomic mass is 19.1. The van der Waals surface area contributed by atoms with Crippen LogP contribution in [0.5, 0.6) is 0 Å². The van der Waals surface area contributed by atoms with E-state index < -0.39 is 0 Å². The Hall–Kier alpha value is -3.33. The summed E-state index contributed by atoms with van der Waals surface area (Å²) in [7, 11) is 0. The molecule has 28 heavy (non-hydrogen) atoms. The minimum Gasteiger partial charge on any atom is -0.374 e. The fourth-order valence-corrected chi connectivity index (χ4v) is 3.38. The van der Waals surface area contributed by atoms with Crippen LogP contribution < -0.4 is 10.6 Å². The van der Waals surface area contributed by atoms with Crippen molar-refractivity contribution in [2.45, 2.75) is 19.8 Å². The first kappa shape index (κ1) is 19.4. The lowest BCUT2D eigenvalue weighted by molar-refractivity contribution is 0.251. The van der Waals surface area contributed by atoms with Gasteiger partial charge in [0.25, 0.3) is 0 Å². The first-order valence-corrected chi connectivity index (χ1v) is 9.32. The Balaban J connectivity index is 1.44. The van der Waals surface area contributed by atoms with Gasteiger partial charge in [-0.2, -0.15) is 5.26 Å². The Bertz CT molecular complexity index is 915. The molecule has 5 nitrogen and oxygen atoms in total. The van der Waals surface area contributed by atoms with E-state index in [1.807, 2.05) is 18.2 Å². The molecule has 2 N–H and O–H groups in total. The zero-order valence-corrected chi connectivity index (χ0v) is 15.8. The van der Waals surface area contributed by atoms with Gasteiger partial charge in [-0.3, -0.25) is 0 Å². The zero-order chi connectivity index (χ0) is 19.9. The second-order valence-electron chi connectivity index (χ2n) is 6.73. The molecular formula is C22H23FN4O. The largest absolute Gasteiger partial charge is 0.374 e. The van der Waals surface area contributed by atoms with Gasteiger partial charge in [0, 0.05) is 31.0 Å². The quantitative estimate of drug-likeness (QED) is 0.735. The van der Waals surface area contributed by atoms with E-state index in [1.54, 1.807) is 24.3 Å². The molecule has 1 aliphatic heterocycles. The maximum atomic E-state index is 13.1. The lowest BCUT2D eigenvalue weighted by Gasteiger charge is -2.20. The van der Waals surface area contributed by atoms with Crippen molar-refractivity contribution >= 4 is 17.3 Å². The van der Waals surface area contributed by atoms with Crippen molar-refractivity contribution in [3.8, 4) is 6.07 Å². The van der Waals surface area contributed by atoms with E-state index in [9.17, 15) is 9.18 Å². The number of hydrogen-bond acceptors (Lipinski definition) is 3. The summed E-state index contributed by atoms with van der Waals surface area (Å²) in [6, 6.07) is 15.2. The van der Waals surface area contributed by atoms with Crippen LogP contribution in [0.1, 0.15) is 30.9 Å². The lowest BCUT2D eigenvalue weighted by Crippen LogP contribution is -2.31. The number of carbonyl (C=O) groups is 1. The van der Waals surface area contributed by atoms with Gasteiger partial charge < -0.3 is 15.5 Å². The van der Waals surface area contributed by atoms with Gasteiger partial charge in [0.1, 0.15) is 5.82 Å². The molecule has 0 aliphatic carbocycles. The van der Waals surface area contributed by atoms with Gasteiger partial charge in [0.2, 0.25) is 0 Å². The van der Waals surface area contributed by atoms with Crippen molar-refractivity contribution in [2.24, 2.45) is 0 Å². The number of amides is 2. The van der Waals surface area contributed by atoms with E-state index in [4.69, 9.17) is 5.26 Å². The number of carbonyl (C=O) groups excluding carboxylic acids is 1. The summed E-state index contributed by atoms with van der Waals surface area (Å²) in [6.45, 7) is 4.43. The summed E-state index contributed by atoms with van der Waals surface area (Å²) in [5.41, 5.74) is 4.64. The van der Waals surface area contributed by atoms with Crippen molar-refractivity contribution in [1.29, 1.82) is 5.26 Å². The molecule has 0 radical (unpaired) electrons. The van der Waals surface area contributed by atoms with E-state index in [0.717, 1.165) is 31.5 Å². The topological polar surface area (TPSA) is 68.2 Å². The average Bonchev–Trinajstić information content (AvgIpc) is 3.06. The smallest absolute Gasteiger partial charge is 0.319 e. The Labute approximate surface area is 164 Å². The second-order valence-corrected chi connectivity index (χ2v) is 6.73. The molecule has 0 bridgehead atoms. The van der Waals surface area contributed by atoms with Gasteiger partial charge in [0.05, 0.1) is 11.6 Å². The second kappa shape index (κ2) is 9.05. The molecule has 0 saturated heterocycles. The molecule has 0 saturated carbocycles. The molecule has 1 aliphatic rings. The molecule has 2 amide bonds. The van der Waals surface area contributed by atoms with Crippen LogP contribution in [0.3, 0.4) is 0 Å². The standard InChI is InChI=1S/C22H23FN4O/c1-16-21(18-6-8-19(23)9-7-18)10-13-27(16)12-3-11-25-22(28)26-20-5-2-4-17(14-20)15-24/h2,4-9,14H,3,10-13H2,1H3,(H2,25,26,28). The van der Waals surface area contributed by atoms with Gasteiger partial charge >= 0.3 is 6.03 Å². The van der Waals surface area contributed by atoms with Crippen molar-refractivity contribution < 1.29 is 9.18 Å². The van der Waals surface area contributed by atoms with Crippen molar-refractivity contribution in [3.63, 3.8) is 0 Å². The third-order valence-corrected chi connectivity index (χ3v) is 4.88. The molecule has 144 valence electrons. The van der Waals surface area contributed by atoms with E-state index >= 15 is 0 Å². The van der Waals surface area contributed by atoms with Gasteiger partial charge in [-0.15, -0.1) is 0 Å². The number of rotatable bonds is 6. The number of anilines is 1. The van der Waals surface area contributed by atoms with Crippen LogP contribution in [0, 0.1) is 17.1 Å². The highest BCUT2D eigenvalue weighted by Gasteiger charge is 2.19. The monoisotopic (exact) mass is 378 g/mol. The van der Waals surface area contributed by atoms with Gasteiger partial charge in [-0.25, -0.2) is 9.18 Å². The Kier molecular flexibility index (Phi) is 6.28. The lowest BCUT2D eigenvalue weighted by atomic mass is 10.0. The fourth-order valence-electron chi connectivity index (χ4n) is 3.38. The summed E-state index contributed by atoms with van der Waals surface area (Å²) in [5.74, 6) is -0.222. The molecular weight excluding hydrogens is 355 g/mol. The molecule has 2 aromatic rings. The normalized spacial score (nSPS) is 13.4. The van der Waals surface area contributed by atoms with Crippen LogP contribution in [0.4, 0.5) is 14.9 Å². The maximum absolute atomic E-state index is 13.1. The Morgan fingerprint density at radius 3 is 2.79 bits per heavy atom. The third-order valence-electron chi connectivity index (χ3n) is 4.88. The highest BCUT2D eigenvalue weighted by molar-refractivity contribution is 5.89. The molecule has 0 aromatic heterocycles. The number of nitrogens with zero attached hydrogens (tertiary/aromatic N) is 2. The van der Waals surface area contributed by atoms with Crippen LogP contribution in [0.2, 0.25) is 0 Å². The van der Waals surface area contributed by atoms with Crippen molar-refractivity contribution in [1.82, 2.24) is 10.2 Å². The maximum Gasteiger partial charge on any atom is 0.319 e.